The van der Waals surface area contributed by atoms with Gasteiger partial charge in [0.05, 0.1) is 6.10 Å². The molecular formula is C15H15FN2O2. The number of benzene rings is 2. The second-order valence-electron chi connectivity index (χ2n) is 4.27. The van der Waals surface area contributed by atoms with Crippen molar-refractivity contribution in [3.05, 3.63) is 66.0 Å². The zero-order chi connectivity index (χ0) is 14.4. The van der Waals surface area contributed by atoms with Gasteiger partial charge < -0.3 is 15.7 Å². The van der Waals surface area contributed by atoms with Gasteiger partial charge in [0.15, 0.2) is 0 Å². The Labute approximate surface area is 116 Å². The van der Waals surface area contributed by atoms with E-state index >= 15 is 0 Å². The SMILES string of the molecule is O=C(NC[C@@H](O)c1ccccc1)Nc1cccc(F)c1. The summed E-state index contributed by atoms with van der Waals surface area (Å²) >= 11 is 0. The molecule has 2 aromatic carbocycles. The van der Waals surface area contributed by atoms with E-state index in [1.54, 1.807) is 18.2 Å². The van der Waals surface area contributed by atoms with Gasteiger partial charge >= 0.3 is 6.03 Å². The van der Waals surface area contributed by atoms with Crippen LogP contribution in [0.3, 0.4) is 0 Å². The Kier molecular flexibility index (Phi) is 4.68. The topological polar surface area (TPSA) is 61.4 Å². The smallest absolute Gasteiger partial charge is 0.319 e. The first kappa shape index (κ1) is 14.0. The van der Waals surface area contributed by atoms with Crippen LogP contribution in [0.1, 0.15) is 11.7 Å². The van der Waals surface area contributed by atoms with Crippen LogP contribution in [0.2, 0.25) is 0 Å². The lowest BCUT2D eigenvalue weighted by molar-refractivity contribution is 0.175. The van der Waals surface area contributed by atoms with Crippen LogP contribution < -0.4 is 10.6 Å². The first-order valence-corrected chi connectivity index (χ1v) is 6.18. The molecule has 4 nitrogen and oxygen atoms in total. The zero-order valence-corrected chi connectivity index (χ0v) is 10.7. The molecule has 2 aromatic rings. The molecule has 2 amide bonds. The van der Waals surface area contributed by atoms with Gasteiger partial charge in [0.25, 0.3) is 0 Å². The lowest BCUT2D eigenvalue weighted by atomic mass is 10.1. The summed E-state index contributed by atoms with van der Waals surface area (Å²) in [6.45, 7) is 0.0746. The lowest BCUT2D eigenvalue weighted by Crippen LogP contribution is -2.32. The monoisotopic (exact) mass is 274 g/mol. The number of hydrogen-bond acceptors (Lipinski definition) is 2. The van der Waals surface area contributed by atoms with Crippen LogP contribution in [0.25, 0.3) is 0 Å². The molecule has 2 rings (SSSR count). The highest BCUT2D eigenvalue weighted by molar-refractivity contribution is 5.89. The fraction of sp³-hybridized carbons (Fsp3) is 0.133. The molecule has 20 heavy (non-hydrogen) atoms. The van der Waals surface area contributed by atoms with Crippen LogP contribution in [-0.4, -0.2) is 17.7 Å². The van der Waals surface area contributed by atoms with Crippen molar-refractivity contribution < 1.29 is 14.3 Å². The van der Waals surface area contributed by atoms with Gasteiger partial charge in [-0.05, 0) is 23.8 Å². The maximum Gasteiger partial charge on any atom is 0.319 e. The van der Waals surface area contributed by atoms with E-state index in [-0.39, 0.29) is 6.54 Å². The average Bonchev–Trinajstić information content (AvgIpc) is 2.46. The van der Waals surface area contributed by atoms with E-state index in [4.69, 9.17) is 0 Å². The second-order valence-corrected chi connectivity index (χ2v) is 4.27. The number of aliphatic hydroxyl groups excluding tert-OH is 1. The van der Waals surface area contributed by atoms with E-state index in [9.17, 15) is 14.3 Å². The molecule has 0 saturated heterocycles. The molecular weight excluding hydrogens is 259 g/mol. The standard InChI is InChI=1S/C15H15FN2O2/c16-12-7-4-8-13(9-12)18-15(20)17-10-14(19)11-5-2-1-3-6-11/h1-9,14,19H,10H2,(H2,17,18,20)/t14-/m1/s1. The van der Waals surface area contributed by atoms with Gasteiger partial charge in [-0.25, -0.2) is 9.18 Å². The van der Waals surface area contributed by atoms with Crippen molar-refractivity contribution in [2.24, 2.45) is 0 Å². The number of amides is 2. The molecule has 0 aliphatic rings. The maximum absolute atomic E-state index is 12.9. The van der Waals surface area contributed by atoms with Crippen LogP contribution in [-0.2, 0) is 0 Å². The summed E-state index contributed by atoms with van der Waals surface area (Å²) in [7, 11) is 0. The maximum atomic E-state index is 12.9. The minimum atomic E-state index is -0.783. The Morgan fingerprint density at radius 2 is 1.90 bits per heavy atom. The number of anilines is 1. The van der Waals surface area contributed by atoms with Gasteiger partial charge in [-0.15, -0.1) is 0 Å². The van der Waals surface area contributed by atoms with Gasteiger partial charge in [-0.1, -0.05) is 36.4 Å². The van der Waals surface area contributed by atoms with Crippen molar-refractivity contribution in [2.45, 2.75) is 6.10 Å². The van der Waals surface area contributed by atoms with Crippen molar-refractivity contribution in [1.82, 2.24) is 5.32 Å². The molecule has 104 valence electrons. The molecule has 0 saturated carbocycles. The average molecular weight is 274 g/mol. The van der Waals surface area contributed by atoms with Gasteiger partial charge in [0.2, 0.25) is 0 Å². The summed E-state index contributed by atoms with van der Waals surface area (Å²) in [5, 5.41) is 14.9. The number of nitrogens with one attached hydrogen (secondary N) is 2. The van der Waals surface area contributed by atoms with E-state index < -0.39 is 18.0 Å². The molecule has 0 aliphatic carbocycles. The lowest BCUT2D eigenvalue weighted by Gasteiger charge is -2.12. The highest BCUT2D eigenvalue weighted by atomic mass is 19.1. The highest BCUT2D eigenvalue weighted by Gasteiger charge is 2.09. The third-order valence-electron chi connectivity index (χ3n) is 2.72. The van der Waals surface area contributed by atoms with E-state index in [0.29, 0.717) is 5.69 Å². The first-order chi connectivity index (χ1) is 9.65. The second kappa shape index (κ2) is 6.68. The molecule has 0 radical (unpaired) electrons. The van der Waals surface area contributed by atoms with Crippen LogP contribution in [0.5, 0.6) is 0 Å². The number of hydrogen-bond donors (Lipinski definition) is 3. The minimum absolute atomic E-state index is 0.0746. The van der Waals surface area contributed by atoms with E-state index in [1.165, 1.54) is 18.2 Å². The van der Waals surface area contributed by atoms with Crippen LogP contribution in [0.4, 0.5) is 14.9 Å². The predicted octanol–water partition coefficient (Wildman–Crippen LogP) is 2.68. The molecule has 0 aromatic heterocycles. The van der Waals surface area contributed by atoms with Crippen molar-refractivity contribution in [2.75, 3.05) is 11.9 Å². The zero-order valence-electron chi connectivity index (χ0n) is 10.7. The molecule has 0 heterocycles. The Hall–Kier alpha value is -2.40. The van der Waals surface area contributed by atoms with Gasteiger partial charge in [-0.3, -0.25) is 0 Å². The Bertz CT molecular complexity index is 575. The summed E-state index contributed by atoms with van der Waals surface area (Å²) in [4.78, 5) is 11.6. The summed E-state index contributed by atoms with van der Waals surface area (Å²) < 4.78 is 12.9. The van der Waals surface area contributed by atoms with Crippen LogP contribution >= 0.6 is 0 Å². The molecule has 0 spiro atoms. The van der Waals surface area contributed by atoms with E-state index in [0.717, 1.165) is 5.56 Å². The van der Waals surface area contributed by atoms with Crippen molar-refractivity contribution in [3.8, 4) is 0 Å². The number of halogens is 1. The van der Waals surface area contributed by atoms with Gasteiger partial charge in [0.1, 0.15) is 5.82 Å². The number of carbonyl (C=O) groups excluding carboxylic acids is 1. The minimum Gasteiger partial charge on any atom is -0.387 e. The normalized spacial score (nSPS) is 11.7. The van der Waals surface area contributed by atoms with Crippen molar-refractivity contribution in [1.29, 1.82) is 0 Å². The first-order valence-electron chi connectivity index (χ1n) is 6.18. The van der Waals surface area contributed by atoms with E-state index in [2.05, 4.69) is 10.6 Å². The molecule has 1 atom stereocenters. The predicted molar refractivity (Wildman–Crippen MR) is 74.8 cm³/mol. The summed E-state index contributed by atoms with van der Waals surface area (Å²) in [6.07, 6.45) is -0.783. The summed E-state index contributed by atoms with van der Waals surface area (Å²) in [5.41, 5.74) is 1.08. The molecule has 0 aliphatic heterocycles. The molecule has 3 N–H and O–H groups in total. The largest absolute Gasteiger partial charge is 0.387 e. The van der Waals surface area contributed by atoms with Crippen molar-refractivity contribution >= 4 is 11.7 Å². The van der Waals surface area contributed by atoms with Gasteiger partial charge in [0, 0.05) is 12.2 Å². The molecule has 0 bridgehead atoms. The highest BCUT2D eigenvalue weighted by Crippen LogP contribution is 2.11. The van der Waals surface area contributed by atoms with Crippen LogP contribution in [0, 0.1) is 5.82 Å². The number of urea groups is 1. The van der Waals surface area contributed by atoms with E-state index in [1.807, 2.05) is 18.2 Å². The summed E-state index contributed by atoms with van der Waals surface area (Å²) in [6, 6.07) is 14.1. The Morgan fingerprint density at radius 3 is 2.60 bits per heavy atom. The number of carbonyl (C=O) groups is 1. The molecule has 0 fully saturated rings. The molecule has 5 heteroatoms. The fourth-order valence-corrected chi connectivity index (χ4v) is 1.72. The third kappa shape index (κ3) is 4.07. The Balaban J connectivity index is 1.83. The number of aliphatic hydroxyl groups is 1. The number of rotatable bonds is 4. The van der Waals surface area contributed by atoms with Crippen molar-refractivity contribution in [3.63, 3.8) is 0 Å². The molecule has 0 unspecified atom stereocenters. The Morgan fingerprint density at radius 1 is 1.15 bits per heavy atom. The van der Waals surface area contributed by atoms with Gasteiger partial charge in [-0.2, -0.15) is 0 Å². The quantitative estimate of drug-likeness (QED) is 0.802. The summed E-state index contributed by atoms with van der Waals surface area (Å²) in [5.74, 6) is -0.424. The fourth-order valence-electron chi connectivity index (χ4n) is 1.72. The third-order valence-corrected chi connectivity index (χ3v) is 2.72. The van der Waals surface area contributed by atoms with Crippen LogP contribution in [0.15, 0.2) is 54.6 Å².